The normalized spacial score (nSPS) is 24.7. The van der Waals surface area contributed by atoms with E-state index in [-0.39, 0.29) is 5.41 Å². The standard InChI is InChI=1S/C16H31N3O3S/c1-5-17-14(19-9-6-15(2,3)13-19)18-12-16(23(4,20)21)7-10-22-11-8-16/h5-13H2,1-4H3,(H,17,18). The van der Waals surface area contributed by atoms with Crippen LogP contribution in [0.5, 0.6) is 0 Å². The maximum atomic E-state index is 12.3. The first kappa shape index (κ1) is 18.5. The van der Waals surface area contributed by atoms with Crippen LogP contribution >= 0.6 is 0 Å². The number of aliphatic imine (C=N–C) groups is 1. The van der Waals surface area contributed by atoms with Crippen LogP contribution in [-0.4, -0.2) is 69.7 Å². The Morgan fingerprint density at radius 3 is 2.39 bits per heavy atom. The van der Waals surface area contributed by atoms with Gasteiger partial charge in [0.1, 0.15) is 0 Å². The van der Waals surface area contributed by atoms with Crippen LogP contribution in [0.15, 0.2) is 4.99 Å². The predicted octanol–water partition coefficient (Wildman–Crippen LogP) is 1.28. The molecule has 2 aliphatic heterocycles. The minimum absolute atomic E-state index is 0.281. The highest BCUT2D eigenvalue weighted by molar-refractivity contribution is 7.92. The summed E-state index contributed by atoms with van der Waals surface area (Å²) in [7, 11) is -3.18. The SMILES string of the molecule is CCNC(=NCC1(S(C)(=O)=O)CCOCC1)N1CCC(C)(C)C1. The Labute approximate surface area is 140 Å². The monoisotopic (exact) mass is 345 g/mol. The van der Waals surface area contributed by atoms with Gasteiger partial charge in [-0.05, 0) is 31.6 Å². The molecule has 134 valence electrons. The van der Waals surface area contributed by atoms with E-state index in [0.29, 0.717) is 32.6 Å². The zero-order chi connectivity index (χ0) is 17.1. The molecular weight excluding hydrogens is 314 g/mol. The molecule has 0 aromatic heterocycles. The van der Waals surface area contributed by atoms with Crippen molar-refractivity contribution in [2.75, 3.05) is 45.6 Å². The zero-order valence-electron chi connectivity index (χ0n) is 14.9. The number of guanidine groups is 1. The van der Waals surface area contributed by atoms with E-state index >= 15 is 0 Å². The molecule has 0 aromatic carbocycles. The average Bonchev–Trinajstić information content (AvgIpc) is 2.83. The van der Waals surface area contributed by atoms with Crippen molar-refractivity contribution >= 4 is 15.8 Å². The van der Waals surface area contributed by atoms with Gasteiger partial charge in [0.15, 0.2) is 15.8 Å². The van der Waals surface area contributed by atoms with Crippen molar-refractivity contribution in [2.45, 2.75) is 44.8 Å². The second-order valence-corrected chi connectivity index (χ2v) is 9.98. The van der Waals surface area contributed by atoms with Crippen molar-refractivity contribution in [3.63, 3.8) is 0 Å². The molecule has 0 spiro atoms. The molecule has 1 N–H and O–H groups in total. The molecule has 0 saturated carbocycles. The lowest BCUT2D eigenvalue weighted by Crippen LogP contribution is -2.48. The lowest BCUT2D eigenvalue weighted by molar-refractivity contribution is 0.0767. The fourth-order valence-corrected chi connectivity index (χ4v) is 4.53. The van der Waals surface area contributed by atoms with Gasteiger partial charge in [-0.1, -0.05) is 13.8 Å². The number of ether oxygens (including phenoxy) is 1. The molecule has 2 rings (SSSR count). The van der Waals surface area contributed by atoms with Crippen molar-refractivity contribution in [3.05, 3.63) is 0 Å². The van der Waals surface area contributed by atoms with Gasteiger partial charge in [0, 0.05) is 39.1 Å². The Hall–Kier alpha value is -0.820. The van der Waals surface area contributed by atoms with E-state index in [4.69, 9.17) is 9.73 Å². The molecule has 0 aliphatic carbocycles. The smallest absolute Gasteiger partial charge is 0.193 e. The van der Waals surface area contributed by atoms with E-state index in [1.54, 1.807) is 0 Å². The van der Waals surface area contributed by atoms with E-state index < -0.39 is 14.6 Å². The van der Waals surface area contributed by atoms with Crippen molar-refractivity contribution in [1.82, 2.24) is 10.2 Å². The molecule has 2 saturated heterocycles. The molecule has 23 heavy (non-hydrogen) atoms. The fourth-order valence-electron chi connectivity index (χ4n) is 3.33. The molecule has 7 heteroatoms. The number of hydrogen-bond acceptors (Lipinski definition) is 4. The van der Waals surface area contributed by atoms with E-state index in [1.807, 2.05) is 6.92 Å². The highest BCUT2D eigenvalue weighted by Gasteiger charge is 2.42. The molecule has 0 unspecified atom stereocenters. The molecular formula is C16H31N3O3S. The van der Waals surface area contributed by atoms with Gasteiger partial charge in [-0.25, -0.2) is 8.42 Å². The first-order chi connectivity index (χ1) is 10.7. The molecule has 0 atom stereocenters. The van der Waals surface area contributed by atoms with Crippen LogP contribution in [0.1, 0.15) is 40.0 Å². The minimum atomic E-state index is -3.18. The lowest BCUT2D eigenvalue weighted by Gasteiger charge is -2.34. The second-order valence-electron chi connectivity index (χ2n) is 7.57. The van der Waals surface area contributed by atoms with Crippen LogP contribution in [0.4, 0.5) is 0 Å². The van der Waals surface area contributed by atoms with Crippen molar-refractivity contribution in [1.29, 1.82) is 0 Å². The molecule has 2 aliphatic rings. The lowest BCUT2D eigenvalue weighted by atomic mass is 9.93. The van der Waals surface area contributed by atoms with Crippen LogP contribution in [0, 0.1) is 5.41 Å². The summed E-state index contributed by atoms with van der Waals surface area (Å²) in [6, 6.07) is 0. The van der Waals surface area contributed by atoms with Crippen LogP contribution in [0.25, 0.3) is 0 Å². The van der Waals surface area contributed by atoms with Gasteiger partial charge < -0.3 is 15.0 Å². The molecule has 6 nitrogen and oxygen atoms in total. The Kier molecular flexibility index (Phi) is 5.61. The number of sulfone groups is 1. The maximum absolute atomic E-state index is 12.3. The second kappa shape index (κ2) is 6.97. The third-order valence-corrected chi connectivity index (χ3v) is 7.13. The first-order valence-electron chi connectivity index (χ1n) is 8.50. The zero-order valence-corrected chi connectivity index (χ0v) is 15.7. The summed E-state index contributed by atoms with van der Waals surface area (Å²) in [5, 5.41) is 3.32. The number of nitrogens with one attached hydrogen (secondary N) is 1. The maximum Gasteiger partial charge on any atom is 0.193 e. The van der Waals surface area contributed by atoms with Gasteiger partial charge >= 0.3 is 0 Å². The quantitative estimate of drug-likeness (QED) is 0.614. The van der Waals surface area contributed by atoms with E-state index in [1.165, 1.54) is 6.26 Å². The van der Waals surface area contributed by atoms with Gasteiger partial charge in [-0.3, -0.25) is 4.99 Å². The number of nitrogens with zero attached hydrogens (tertiary/aromatic N) is 2. The topological polar surface area (TPSA) is 71.0 Å². The largest absolute Gasteiger partial charge is 0.381 e. The summed E-state index contributed by atoms with van der Waals surface area (Å²) in [4.78, 5) is 6.97. The predicted molar refractivity (Wildman–Crippen MR) is 93.6 cm³/mol. The van der Waals surface area contributed by atoms with Gasteiger partial charge in [0.05, 0.1) is 11.3 Å². The summed E-state index contributed by atoms with van der Waals surface area (Å²) in [5.74, 6) is 0.840. The van der Waals surface area contributed by atoms with Gasteiger partial charge in [0.2, 0.25) is 0 Å². The molecule has 0 aromatic rings. The van der Waals surface area contributed by atoms with Gasteiger partial charge in [-0.2, -0.15) is 0 Å². The molecule has 0 amide bonds. The van der Waals surface area contributed by atoms with E-state index in [0.717, 1.165) is 32.0 Å². The summed E-state index contributed by atoms with van der Waals surface area (Å²) >= 11 is 0. The average molecular weight is 346 g/mol. The fraction of sp³-hybridized carbons (Fsp3) is 0.938. The van der Waals surface area contributed by atoms with Crippen LogP contribution in [-0.2, 0) is 14.6 Å². The highest BCUT2D eigenvalue weighted by atomic mass is 32.2. The summed E-state index contributed by atoms with van der Waals surface area (Å²) in [6.45, 7) is 10.6. The molecule has 2 fully saturated rings. The van der Waals surface area contributed by atoms with Crippen molar-refractivity contribution in [3.8, 4) is 0 Å². The van der Waals surface area contributed by atoms with Gasteiger partial charge in [0.25, 0.3) is 0 Å². The van der Waals surface area contributed by atoms with E-state index in [2.05, 4.69) is 24.1 Å². The number of hydrogen-bond donors (Lipinski definition) is 1. The Bertz CT molecular complexity index is 537. The van der Waals surface area contributed by atoms with Crippen molar-refractivity contribution < 1.29 is 13.2 Å². The summed E-state index contributed by atoms with van der Waals surface area (Å²) in [5.41, 5.74) is 0.281. The molecule has 0 bridgehead atoms. The Balaban J connectivity index is 2.18. The van der Waals surface area contributed by atoms with E-state index in [9.17, 15) is 8.42 Å². The van der Waals surface area contributed by atoms with Crippen LogP contribution in [0.2, 0.25) is 0 Å². The highest BCUT2D eigenvalue weighted by Crippen LogP contribution is 2.31. The van der Waals surface area contributed by atoms with Gasteiger partial charge in [-0.15, -0.1) is 0 Å². The molecule has 2 heterocycles. The minimum Gasteiger partial charge on any atom is -0.381 e. The third kappa shape index (κ3) is 4.38. The first-order valence-corrected chi connectivity index (χ1v) is 10.4. The summed E-state index contributed by atoms with van der Waals surface area (Å²) in [6.07, 6.45) is 3.52. The Morgan fingerprint density at radius 2 is 1.91 bits per heavy atom. The number of likely N-dealkylation sites (tertiary alicyclic amines) is 1. The van der Waals surface area contributed by atoms with Crippen molar-refractivity contribution in [2.24, 2.45) is 10.4 Å². The molecule has 0 radical (unpaired) electrons. The third-order valence-electron chi connectivity index (χ3n) is 5.02. The van der Waals surface area contributed by atoms with Crippen LogP contribution in [0.3, 0.4) is 0 Å². The Morgan fingerprint density at radius 1 is 1.26 bits per heavy atom. The number of rotatable bonds is 4. The summed E-state index contributed by atoms with van der Waals surface area (Å²) < 4.78 is 29.3. The van der Waals surface area contributed by atoms with Crippen LogP contribution < -0.4 is 5.32 Å².